The lowest BCUT2D eigenvalue weighted by Gasteiger charge is -2.32. The molecule has 1 aromatic rings. The van der Waals surface area contributed by atoms with E-state index in [-0.39, 0.29) is 5.91 Å². The summed E-state index contributed by atoms with van der Waals surface area (Å²) in [6.07, 6.45) is 7.03. The largest absolute Gasteiger partial charge is 0.354 e. The van der Waals surface area contributed by atoms with E-state index in [9.17, 15) is 4.79 Å². The van der Waals surface area contributed by atoms with E-state index in [0.29, 0.717) is 12.6 Å². The first-order valence-corrected chi connectivity index (χ1v) is 11.3. The summed E-state index contributed by atoms with van der Waals surface area (Å²) < 4.78 is 0. The standard InChI is InChI=1S/C23H37N5O/c1-3-13-27-16-11-21(12-17-27)26-23(24-2)25-18-19-7-9-20(10-8-19)22(29)28-14-5-4-6-15-28/h7-10,21H,3-6,11-18H2,1-2H3,(H2,24,25,26). The maximum absolute atomic E-state index is 12.6. The highest BCUT2D eigenvalue weighted by atomic mass is 16.2. The van der Waals surface area contributed by atoms with Gasteiger partial charge in [-0.25, -0.2) is 0 Å². The number of aliphatic imine (C=N–C) groups is 1. The highest BCUT2D eigenvalue weighted by Crippen LogP contribution is 2.14. The van der Waals surface area contributed by atoms with Crippen LogP contribution in [0.3, 0.4) is 0 Å². The van der Waals surface area contributed by atoms with Crippen LogP contribution in [0.25, 0.3) is 0 Å². The van der Waals surface area contributed by atoms with Gasteiger partial charge in [0.1, 0.15) is 0 Å². The Hall–Kier alpha value is -2.08. The minimum atomic E-state index is 0.163. The molecule has 0 unspecified atom stereocenters. The molecule has 2 heterocycles. The SMILES string of the molecule is CCCN1CCC(NC(=NC)NCc2ccc(C(=O)N3CCCCC3)cc2)CC1. The first-order valence-electron chi connectivity index (χ1n) is 11.3. The lowest BCUT2D eigenvalue weighted by molar-refractivity contribution is 0.0724. The molecule has 0 radical (unpaired) electrons. The Kier molecular flexibility index (Phi) is 8.35. The van der Waals surface area contributed by atoms with E-state index < -0.39 is 0 Å². The molecule has 2 aliphatic rings. The fraction of sp³-hybridized carbons (Fsp3) is 0.652. The fourth-order valence-electron chi connectivity index (χ4n) is 4.24. The van der Waals surface area contributed by atoms with Crippen molar-refractivity contribution in [2.24, 2.45) is 4.99 Å². The Morgan fingerprint density at radius 2 is 1.76 bits per heavy atom. The number of carbonyl (C=O) groups is 1. The Bertz CT molecular complexity index is 658. The highest BCUT2D eigenvalue weighted by molar-refractivity contribution is 5.94. The molecule has 0 aromatic heterocycles. The minimum absolute atomic E-state index is 0.163. The third-order valence-corrected chi connectivity index (χ3v) is 6.00. The van der Waals surface area contributed by atoms with Crippen molar-refractivity contribution in [3.63, 3.8) is 0 Å². The first-order chi connectivity index (χ1) is 14.2. The Morgan fingerprint density at radius 1 is 1.07 bits per heavy atom. The number of likely N-dealkylation sites (tertiary alicyclic amines) is 2. The van der Waals surface area contributed by atoms with E-state index in [1.165, 1.54) is 19.4 Å². The molecule has 0 atom stereocenters. The molecule has 160 valence electrons. The van der Waals surface area contributed by atoms with Gasteiger partial charge in [-0.05, 0) is 62.8 Å². The number of benzene rings is 1. The van der Waals surface area contributed by atoms with Gasteiger partial charge in [0, 0.05) is 51.4 Å². The Morgan fingerprint density at radius 3 is 2.38 bits per heavy atom. The molecule has 0 saturated carbocycles. The smallest absolute Gasteiger partial charge is 0.253 e. The van der Waals surface area contributed by atoms with E-state index >= 15 is 0 Å². The summed E-state index contributed by atoms with van der Waals surface area (Å²) in [4.78, 5) is 21.5. The first kappa shape index (κ1) is 21.6. The van der Waals surface area contributed by atoms with Crippen molar-refractivity contribution in [2.75, 3.05) is 39.8 Å². The molecule has 2 aliphatic heterocycles. The van der Waals surface area contributed by atoms with Crippen molar-refractivity contribution >= 4 is 11.9 Å². The number of hydrogen-bond donors (Lipinski definition) is 2. The molecule has 1 amide bonds. The van der Waals surface area contributed by atoms with Crippen LogP contribution in [0.2, 0.25) is 0 Å². The van der Waals surface area contributed by atoms with Crippen LogP contribution in [0.15, 0.2) is 29.3 Å². The van der Waals surface area contributed by atoms with Crippen molar-refractivity contribution < 1.29 is 4.79 Å². The summed E-state index contributed by atoms with van der Waals surface area (Å²) in [6, 6.07) is 8.47. The molecule has 0 spiro atoms. The number of nitrogens with one attached hydrogen (secondary N) is 2. The lowest BCUT2D eigenvalue weighted by Crippen LogP contribution is -2.48. The van der Waals surface area contributed by atoms with E-state index in [1.807, 2.05) is 36.2 Å². The normalized spacial score (nSPS) is 19.2. The van der Waals surface area contributed by atoms with Gasteiger partial charge in [-0.3, -0.25) is 9.79 Å². The third kappa shape index (κ3) is 6.46. The fourth-order valence-corrected chi connectivity index (χ4v) is 4.24. The van der Waals surface area contributed by atoms with E-state index in [0.717, 1.165) is 68.9 Å². The van der Waals surface area contributed by atoms with Gasteiger partial charge in [0.05, 0.1) is 0 Å². The molecular weight excluding hydrogens is 362 g/mol. The predicted octanol–water partition coefficient (Wildman–Crippen LogP) is 2.85. The lowest BCUT2D eigenvalue weighted by atomic mass is 10.1. The number of carbonyl (C=O) groups excluding carboxylic acids is 1. The van der Waals surface area contributed by atoms with Gasteiger partial charge in [-0.15, -0.1) is 0 Å². The summed E-state index contributed by atoms with van der Waals surface area (Å²) in [5, 5.41) is 6.97. The molecule has 3 rings (SSSR count). The predicted molar refractivity (Wildman–Crippen MR) is 119 cm³/mol. The van der Waals surface area contributed by atoms with Crippen molar-refractivity contribution in [3.8, 4) is 0 Å². The van der Waals surface area contributed by atoms with E-state index in [4.69, 9.17) is 0 Å². The van der Waals surface area contributed by atoms with Crippen LogP contribution in [0.1, 0.15) is 61.4 Å². The maximum Gasteiger partial charge on any atom is 0.253 e. The average molecular weight is 400 g/mol. The van der Waals surface area contributed by atoms with Crippen molar-refractivity contribution in [1.82, 2.24) is 20.4 Å². The highest BCUT2D eigenvalue weighted by Gasteiger charge is 2.20. The summed E-state index contributed by atoms with van der Waals surface area (Å²) in [6.45, 7) is 8.25. The maximum atomic E-state index is 12.6. The van der Waals surface area contributed by atoms with Crippen LogP contribution >= 0.6 is 0 Å². The summed E-state index contributed by atoms with van der Waals surface area (Å²) in [5.41, 5.74) is 1.94. The zero-order valence-corrected chi connectivity index (χ0v) is 18.1. The van der Waals surface area contributed by atoms with Crippen LogP contribution in [0, 0.1) is 0 Å². The molecule has 2 N–H and O–H groups in total. The zero-order valence-electron chi connectivity index (χ0n) is 18.1. The quantitative estimate of drug-likeness (QED) is 0.570. The van der Waals surface area contributed by atoms with Crippen molar-refractivity contribution in [2.45, 2.75) is 58.0 Å². The van der Waals surface area contributed by atoms with E-state index in [1.54, 1.807) is 0 Å². The molecule has 29 heavy (non-hydrogen) atoms. The zero-order chi connectivity index (χ0) is 20.5. The molecule has 0 aliphatic carbocycles. The second kappa shape index (κ2) is 11.2. The molecule has 1 aromatic carbocycles. The van der Waals surface area contributed by atoms with Gasteiger partial charge in [-0.2, -0.15) is 0 Å². The Balaban J connectivity index is 1.44. The Labute approximate surface area is 175 Å². The van der Waals surface area contributed by atoms with Gasteiger partial charge in [0.2, 0.25) is 0 Å². The van der Waals surface area contributed by atoms with Crippen LogP contribution in [-0.4, -0.2) is 67.5 Å². The number of piperidine rings is 2. The summed E-state index contributed by atoms with van der Waals surface area (Å²) in [5.74, 6) is 1.02. The van der Waals surface area contributed by atoms with Crippen LogP contribution < -0.4 is 10.6 Å². The number of guanidine groups is 1. The van der Waals surface area contributed by atoms with Gasteiger partial charge >= 0.3 is 0 Å². The van der Waals surface area contributed by atoms with Crippen LogP contribution in [0.5, 0.6) is 0 Å². The number of nitrogens with zero attached hydrogens (tertiary/aromatic N) is 3. The molecule has 0 bridgehead atoms. The summed E-state index contributed by atoms with van der Waals surface area (Å²) >= 11 is 0. The molecule has 6 nitrogen and oxygen atoms in total. The topological polar surface area (TPSA) is 60.0 Å². The molecule has 2 saturated heterocycles. The second-order valence-corrected chi connectivity index (χ2v) is 8.24. The second-order valence-electron chi connectivity index (χ2n) is 8.24. The minimum Gasteiger partial charge on any atom is -0.354 e. The van der Waals surface area contributed by atoms with Crippen LogP contribution in [-0.2, 0) is 6.54 Å². The van der Waals surface area contributed by atoms with Gasteiger partial charge < -0.3 is 20.4 Å². The summed E-state index contributed by atoms with van der Waals surface area (Å²) in [7, 11) is 1.82. The molecule has 6 heteroatoms. The molecule has 2 fully saturated rings. The van der Waals surface area contributed by atoms with Crippen LogP contribution in [0.4, 0.5) is 0 Å². The average Bonchev–Trinajstić information content (AvgIpc) is 2.78. The number of amides is 1. The number of rotatable bonds is 6. The number of hydrogen-bond acceptors (Lipinski definition) is 3. The van der Waals surface area contributed by atoms with Gasteiger partial charge in [0.15, 0.2) is 5.96 Å². The monoisotopic (exact) mass is 399 g/mol. The third-order valence-electron chi connectivity index (χ3n) is 6.00. The van der Waals surface area contributed by atoms with Crippen molar-refractivity contribution in [1.29, 1.82) is 0 Å². The van der Waals surface area contributed by atoms with Crippen molar-refractivity contribution in [3.05, 3.63) is 35.4 Å². The van der Waals surface area contributed by atoms with E-state index in [2.05, 4.69) is 27.4 Å². The van der Waals surface area contributed by atoms with Gasteiger partial charge in [-0.1, -0.05) is 19.1 Å². The molecular formula is C23H37N5O. The van der Waals surface area contributed by atoms with Gasteiger partial charge in [0.25, 0.3) is 5.91 Å².